The number of rotatable bonds is 3. The van der Waals surface area contributed by atoms with Crippen LogP contribution in [0, 0.1) is 5.41 Å². The molecular weight excluding hydrogens is 167 g/mol. The second-order valence-corrected chi connectivity index (χ2v) is 4.90. The van der Waals surface area contributed by atoms with Gasteiger partial charge < -0.3 is 4.74 Å². The van der Waals surface area contributed by atoms with E-state index < -0.39 is 7.94 Å². The summed E-state index contributed by atoms with van der Waals surface area (Å²) < 4.78 is 4.96. The van der Waals surface area contributed by atoms with E-state index in [1.165, 1.54) is 0 Å². The minimum absolute atomic E-state index is 0.0799. The molecule has 0 atom stereocenters. The lowest BCUT2D eigenvalue weighted by atomic mass is 9.86. The maximum atomic E-state index is 8.82. The van der Waals surface area contributed by atoms with Crippen molar-refractivity contribution in [3.8, 4) is 0 Å². The lowest BCUT2D eigenvalue weighted by molar-refractivity contribution is -0.103. The Morgan fingerprint density at radius 2 is 1.91 bits per heavy atom. The highest BCUT2D eigenvalue weighted by atomic mass is 31.2. The Kier molecular flexibility index (Phi) is 2.52. The van der Waals surface area contributed by atoms with E-state index in [-0.39, 0.29) is 11.6 Å². The van der Waals surface area contributed by atoms with Crippen LogP contribution >= 0.6 is 7.94 Å². The molecule has 1 rings (SSSR count). The molecule has 1 aliphatic heterocycles. The van der Waals surface area contributed by atoms with Crippen LogP contribution in [-0.2, 0) is 4.74 Å². The van der Waals surface area contributed by atoms with Crippen molar-refractivity contribution < 1.29 is 19.4 Å². The lowest BCUT2D eigenvalue weighted by Gasteiger charge is -2.39. The van der Waals surface area contributed by atoms with Gasteiger partial charge in [-0.15, -0.1) is 0 Å². The Labute approximate surface area is 66.4 Å². The summed E-state index contributed by atoms with van der Waals surface area (Å²) in [6.07, 6.45) is 0.896. The van der Waals surface area contributed by atoms with Crippen molar-refractivity contribution >= 4 is 7.94 Å². The van der Waals surface area contributed by atoms with E-state index in [1.807, 2.05) is 6.92 Å². The van der Waals surface area contributed by atoms with E-state index in [0.717, 1.165) is 6.42 Å². The zero-order valence-electron chi connectivity index (χ0n) is 6.53. The first-order valence-electron chi connectivity index (χ1n) is 3.61. The summed E-state index contributed by atoms with van der Waals surface area (Å²) >= 11 is 0. The van der Waals surface area contributed by atoms with Crippen LogP contribution in [0.3, 0.4) is 0 Å². The van der Waals surface area contributed by atoms with Crippen LogP contribution in [0.15, 0.2) is 0 Å². The summed E-state index contributed by atoms with van der Waals surface area (Å²) in [7, 11) is -3.60. The SMILES string of the molecule is CCC1(C[P+](O)(O)O)COC1. The molecule has 0 saturated carbocycles. The molecule has 0 radical (unpaired) electrons. The van der Waals surface area contributed by atoms with Crippen molar-refractivity contribution in [2.75, 3.05) is 19.4 Å². The Bertz CT molecular complexity index is 132. The largest absolute Gasteiger partial charge is 0.404 e. The molecule has 3 N–H and O–H groups in total. The molecule has 1 saturated heterocycles. The van der Waals surface area contributed by atoms with E-state index in [4.69, 9.17) is 19.4 Å². The average Bonchev–Trinajstić information content (AvgIpc) is 1.77. The van der Waals surface area contributed by atoms with Crippen LogP contribution in [0.1, 0.15) is 13.3 Å². The maximum Gasteiger partial charge on any atom is 0.404 e. The van der Waals surface area contributed by atoms with Gasteiger partial charge in [-0.25, -0.2) is 0 Å². The third-order valence-corrected chi connectivity index (χ3v) is 3.21. The zero-order chi connectivity index (χ0) is 8.54. The van der Waals surface area contributed by atoms with E-state index >= 15 is 0 Å². The van der Waals surface area contributed by atoms with E-state index in [1.54, 1.807) is 0 Å². The Balaban J connectivity index is 2.45. The summed E-state index contributed by atoms with van der Waals surface area (Å²) in [6, 6.07) is 0. The molecule has 0 bridgehead atoms. The molecule has 11 heavy (non-hydrogen) atoms. The second kappa shape index (κ2) is 2.96. The van der Waals surface area contributed by atoms with Crippen molar-refractivity contribution in [3.63, 3.8) is 0 Å². The van der Waals surface area contributed by atoms with Gasteiger partial charge in [-0.2, -0.15) is 14.7 Å². The summed E-state index contributed by atoms with van der Waals surface area (Å²) in [5.41, 5.74) is -0.175. The fourth-order valence-corrected chi connectivity index (χ4v) is 2.55. The Hall–Kier alpha value is 0.270. The predicted octanol–water partition coefficient (Wildman–Crippen LogP) is 0.153. The van der Waals surface area contributed by atoms with Gasteiger partial charge in [0.25, 0.3) is 0 Å². The normalized spacial score (nSPS) is 22.9. The quantitative estimate of drug-likeness (QED) is 0.542. The molecule has 0 unspecified atom stereocenters. The summed E-state index contributed by atoms with van der Waals surface area (Å²) in [5, 5.41) is 0. The van der Waals surface area contributed by atoms with E-state index in [9.17, 15) is 0 Å². The minimum atomic E-state index is -3.60. The molecule has 0 aliphatic carbocycles. The van der Waals surface area contributed by atoms with Crippen molar-refractivity contribution in [2.24, 2.45) is 5.41 Å². The fourth-order valence-electron chi connectivity index (χ4n) is 1.25. The topological polar surface area (TPSA) is 69.9 Å². The third kappa shape index (κ3) is 2.36. The van der Waals surface area contributed by atoms with Crippen molar-refractivity contribution in [3.05, 3.63) is 0 Å². The Morgan fingerprint density at radius 3 is 2.00 bits per heavy atom. The fraction of sp³-hybridized carbons (Fsp3) is 1.00. The summed E-state index contributed by atoms with van der Waals surface area (Å²) in [6.45, 7) is 3.03. The van der Waals surface area contributed by atoms with Gasteiger partial charge in [-0.3, -0.25) is 0 Å². The van der Waals surface area contributed by atoms with Crippen molar-refractivity contribution in [1.82, 2.24) is 0 Å². The monoisotopic (exact) mass is 181 g/mol. The molecule has 0 aromatic heterocycles. The molecule has 0 amide bonds. The standard InChI is InChI=1S/C6H14O4P/c1-2-6(3-10-4-6)5-11(7,8)9/h7-9H,2-5H2,1H3/q+1. The van der Waals surface area contributed by atoms with E-state index in [2.05, 4.69) is 0 Å². The first kappa shape index (κ1) is 9.36. The van der Waals surface area contributed by atoms with Crippen molar-refractivity contribution in [1.29, 1.82) is 0 Å². The smallest absolute Gasteiger partial charge is 0.380 e. The van der Waals surface area contributed by atoms with Gasteiger partial charge in [0.2, 0.25) is 0 Å². The maximum absolute atomic E-state index is 8.82. The number of ether oxygens (including phenoxy) is 1. The molecule has 0 spiro atoms. The molecule has 5 heteroatoms. The van der Waals surface area contributed by atoms with Crippen LogP contribution in [0.4, 0.5) is 0 Å². The van der Waals surface area contributed by atoms with Gasteiger partial charge in [0.15, 0.2) is 6.16 Å². The molecule has 0 aromatic carbocycles. The zero-order valence-corrected chi connectivity index (χ0v) is 7.42. The highest BCUT2D eigenvalue weighted by molar-refractivity contribution is 7.58. The highest BCUT2D eigenvalue weighted by Gasteiger charge is 2.48. The van der Waals surface area contributed by atoms with Crippen molar-refractivity contribution in [2.45, 2.75) is 13.3 Å². The lowest BCUT2D eigenvalue weighted by Crippen LogP contribution is -2.45. The molecule has 1 fully saturated rings. The number of hydrogen-bond donors (Lipinski definition) is 3. The van der Waals surface area contributed by atoms with Crippen LogP contribution in [0.5, 0.6) is 0 Å². The van der Waals surface area contributed by atoms with Gasteiger partial charge in [-0.05, 0) is 6.42 Å². The molecule has 1 heterocycles. The van der Waals surface area contributed by atoms with Crippen LogP contribution in [0.25, 0.3) is 0 Å². The number of hydrogen-bond acceptors (Lipinski definition) is 4. The van der Waals surface area contributed by atoms with Crippen LogP contribution < -0.4 is 0 Å². The molecular formula is C6H14O4P+. The van der Waals surface area contributed by atoms with Crippen LogP contribution in [-0.4, -0.2) is 34.1 Å². The third-order valence-electron chi connectivity index (χ3n) is 2.11. The van der Waals surface area contributed by atoms with E-state index in [0.29, 0.717) is 13.2 Å². The molecule has 1 aliphatic rings. The van der Waals surface area contributed by atoms with Gasteiger partial charge >= 0.3 is 7.94 Å². The summed E-state index contributed by atoms with van der Waals surface area (Å²) in [5.74, 6) is 0. The van der Waals surface area contributed by atoms with Crippen LogP contribution in [0.2, 0.25) is 0 Å². The minimum Gasteiger partial charge on any atom is -0.380 e. The molecule has 0 aromatic rings. The Morgan fingerprint density at radius 1 is 1.36 bits per heavy atom. The highest BCUT2D eigenvalue weighted by Crippen LogP contribution is 2.52. The predicted molar refractivity (Wildman–Crippen MR) is 42.0 cm³/mol. The van der Waals surface area contributed by atoms with Gasteiger partial charge in [-0.1, -0.05) is 6.92 Å². The first-order valence-corrected chi connectivity index (χ1v) is 5.45. The summed E-state index contributed by atoms with van der Waals surface area (Å²) in [4.78, 5) is 26.4. The first-order chi connectivity index (χ1) is 4.97. The average molecular weight is 181 g/mol. The van der Waals surface area contributed by atoms with Gasteiger partial charge in [0.1, 0.15) is 0 Å². The van der Waals surface area contributed by atoms with Gasteiger partial charge in [0, 0.05) is 0 Å². The second-order valence-electron chi connectivity index (χ2n) is 3.20. The molecule has 4 nitrogen and oxygen atoms in total. The van der Waals surface area contributed by atoms with Gasteiger partial charge in [0.05, 0.1) is 18.6 Å². The molecule has 66 valence electrons.